The Morgan fingerprint density at radius 2 is 1.85 bits per heavy atom. The summed E-state index contributed by atoms with van der Waals surface area (Å²) in [5, 5.41) is 6.61. The van der Waals surface area contributed by atoms with Gasteiger partial charge in [0.1, 0.15) is 17.3 Å². The molecule has 0 radical (unpaired) electrons. The molecule has 0 bridgehead atoms. The maximum absolute atomic E-state index is 12.9. The van der Waals surface area contributed by atoms with Crippen LogP contribution in [0, 0.1) is 0 Å². The maximum Gasteiger partial charge on any atom is 0.433 e. The summed E-state index contributed by atoms with van der Waals surface area (Å²) in [7, 11) is 1.56. The van der Waals surface area contributed by atoms with Gasteiger partial charge in [-0.15, -0.1) is 0 Å². The van der Waals surface area contributed by atoms with Crippen molar-refractivity contribution in [3.8, 4) is 5.75 Å². The van der Waals surface area contributed by atoms with Gasteiger partial charge in [-0.2, -0.15) is 13.2 Å². The molecule has 3 heterocycles. The van der Waals surface area contributed by atoms with Gasteiger partial charge in [0.05, 0.1) is 18.3 Å². The number of fused-ring (bicyclic) bond motifs is 1. The molecular formula is C23H25F3N6O2. The van der Waals surface area contributed by atoms with Crippen molar-refractivity contribution in [2.45, 2.75) is 6.18 Å². The lowest BCUT2D eigenvalue weighted by molar-refractivity contribution is -0.140. The number of nitrogens with one attached hydrogen (secondary N) is 2. The van der Waals surface area contributed by atoms with Gasteiger partial charge in [-0.3, -0.25) is 4.90 Å². The number of para-hydroxylation sites is 2. The van der Waals surface area contributed by atoms with Gasteiger partial charge in [0, 0.05) is 50.9 Å². The number of urea groups is 1. The number of methoxy groups -OCH3 is 1. The number of hydrogen-bond donors (Lipinski definition) is 2. The first-order valence-electron chi connectivity index (χ1n) is 10.8. The highest BCUT2D eigenvalue weighted by molar-refractivity contribution is 5.91. The summed E-state index contributed by atoms with van der Waals surface area (Å²) in [6, 6.07) is 10.9. The Labute approximate surface area is 194 Å². The highest BCUT2D eigenvalue weighted by Crippen LogP contribution is 2.30. The topological polar surface area (TPSA) is 82.6 Å². The monoisotopic (exact) mass is 474 g/mol. The highest BCUT2D eigenvalue weighted by Gasteiger charge is 2.32. The molecule has 8 nitrogen and oxygen atoms in total. The minimum atomic E-state index is -4.49. The number of rotatable bonds is 6. The molecule has 180 valence electrons. The molecule has 0 atom stereocenters. The number of nitrogens with zero attached hydrogens (tertiary/aromatic N) is 4. The van der Waals surface area contributed by atoms with Crippen LogP contribution >= 0.6 is 0 Å². The fraction of sp³-hybridized carbons (Fsp3) is 0.348. The molecule has 0 unspecified atom stereocenters. The number of alkyl halides is 3. The predicted molar refractivity (Wildman–Crippen MR) is 123 cm³/mol. The van der Waals surface area contributed by atoms with Crippen molar-refractivity contribution >= 4 is 28.4 Å². The minimum Gasteiger partial charge on any atom is -0.495 e. The van der Waals surface area contributed by atoms with E-state index >= 15 is 0 Å². The third-order valence-corrected chi connectivity index (χ3v) is 5.63. The number of benzene rings is 1. The average Bonchev–Trinajstić information content (AvgIpc) is 2.84. The number of ether oxygens (including phenoxy) is 1. The zero-order chi connectivity index (χ0) is 24.1. The number of aromatic nitrogens is 2. The van der Waals surface area contributed by atoms with Gasteiger partial charge in [0.15, 0.2) is 0 Å². The minimum absolute atomic E-state index is 0.173. The molecule has 11 heteroatoms. The van der Waals surface area contributed by atoms with Crippen LogP contribution in [0.4, 0.5) is 29.5 Å². The third kappa shape index (κ3) is 5.48. The summed E-state index contributed by atoms with van der Waals surface area (Å²) in [5.74, 6) is 1.10. The van der Waals surface area contributed by atoms with Gasteiger partial charge in [-0.1, -0.05) is 12.1 Å². The summed E-state index contributed by atoms with van der Waals surface area (Å²) in [5.41, 5.74) is -0.0622. The predicted octanol–water partition coefficient (Wildman–Crippen LogP) is 3.92. The van der Waals surface area contributed by atoms with Crippen molar-refractivity contribution in [1.29, 1.82) is 0 Å². The Kier molecular flexibility index (Phi) is 7.01. The number of carbonyl (C=O) groups is 1. The smallest absolute Gasteiger partial charge is 0.433 e. The van der Waals surface area contributed by atoms with E-state index < -0.39 is 11.9 Å². The molecule has 0 spiro atoms. The number of hydrogen-bond acceptors (Lipinski definition) is 6. The molecule has 1 saturated heterocycles. The first-order valence-corrected chi connectivity index (χ1v) is 10.8. The summed E-state index contributed by atoms with van der Waals surface area (Å²) in [6.07, 6.45) is -3.05. The van der Waals surface area contributed by atoms with E-state index in [9.17, 15) is 18.0 Å². The van der Waals surface area contributed by atoms with Gasteiger partial charge in [-0.05, 0) is 30.3 Å². The average molecular weight is 474 g/mol. The number of amides is 2. The number of pyridine rings is 2. The van der Waals surface area contributed by atoms with Crippen molar-refractivity contribution in [1.82, 2.24) is 19.8 Å². The van der Waals surface area contributed by atoms with E-state index in [1.165, 1.54) is 18.3 Å². The van der Waals surface area contributed by atoms with Crippen LogP contribution in [0.3, 0.4) is 0 Å². The summed E-state index contributed by atoms with van der Waals surface area (Å²) in [6.45, 7) is 3.84. The van der Waals surface area contributed by atoms with Crippen LogP contribution < -0.4 is 15.4 Å². The van der Waals surface area contributed by atoms with Crippen molar-refractivity contribution < 1.29 is 22.7 Å². The van der Waals surface area contributed by atoms with E-state index in [0.717, 1.165) is 6.07 Å². The molecule has 0 saturated carbocycles. The summed E-state index contributed by atoms with van der Waals surface area (Å²) >= 11 is 0. The Hall–Kier alpha value is -3.60. The first-order chi connectivity index (χ1) is 16.3. The maximum atomic E-state index is 12.9. The van der Waals surface area contributed by atoms with Crippen LogP contribution in [0.15, 0.2) is 48.7 Å². The fourth-order valence-corrected chi connectivity index (χ4v) is 3.80. The van der Waals surface area contributed by atoms with Gasteiger partial charge in [0.2, 0.25) is 0 Å². The van der Waals surface area contributed by atoms with Gasteiger partial charge < -0.3 is 20.3 Å². The van der Waals surface area contributed by atoms with Crippen molar-refractivity contribution in [2.75, 3.05) is 57.0 Å². The van der Waals surface area contributed by atoms with E-state index in [4.69, 9.17) is 4.74 Å². The van der Waals surface area contributed by atoms with Crippen molar-refractivity contribution in [3.05, 3.63) is 54.4 Å². The summed E-state index contributed by atoms with van der Waals surface area (Å²) in [4.78, 5) is 24.5. The summed E-state index contributed by atoms with van der Waals surface area (Å²) < 4.78 is 44.0. The molecule has 0 aliphatic carbocycles. The van der Waals surface area contributed by atoms with Crippen molar-refractivity contribution in [3.63, 3.8) is 0 Å². The third-order valence-electron chi connectivity index (χ3n) is 5.63. The number of halogens is 3. The Bertz CT molecular complexity index is 1150. The lowest BCUT2D eigenvalue weighted by Crippen LogP contribution is -2.50. The molecular weight excluding hydrogens is 449 g/mol. The van der Waals surface area contributed by atoms with Crippen molar-refractivity contribution in [2.24, 2.45) is 0 Å². The van der Waals surface area contributed by atoms with E-state index in [2.05, 4.69) is 25.5 Å². The van der Waals surface area contributed by atoms with Crippen LogP contribution in [0.2, 0.25) is 0 Å². The second-order valence-corrected chi connectivity index (χ2v) is 7.81. The quantitative estimate of drug-likeness (QED) is 0.564. The second kappa shape index (κ2) is 10.1. The number of carbonyl (C=O) groups excluding carboxylic acids is 1. The molecule has 3 aromatic rings. The number of piperazine rings is 1. The standard InChI is InChI=1S/C23H25F3N6O2/c1-34-19-5-3-2-4-18(19)30-22(33)32-14-12-31(13-15-32)11-10-28-21-16-6-7-20(23(24,25)26)29-17(16)8-9-27-21/h2-9H,10-15H2,1H3,(H,27,28)(H,30,33). The Balaban J connectivity index is 1.27. The van der Waals surface area contributed by atoms with E-state index in [1.807, 2.05) is 12.1 Å². The van der Waals surface area contributed by atoms with Crippen LogP contribution in [0.25, 0.3) is 10.9 Å². The molecule has 1 fully saturated rings. The Morgan fingerprint density at radius 1 is 1.09 bits per heavy atom. The van der Waals surface area contributed by atoms with E-state index in [1.54, 1.807) is 24.1 Å². The molecule has 2 amide bonds. The zero-order valence-corrected chi connectivity index (χ0v) is 18.6. The first kappa shape index (κ1) is 23.6. The SMILES string of the molecule is COc1ccccc1NC(=O)N1CCN(CCNc2nccc3nc(C(F)(F)F)ccc23)CC1. The fourth-order valence-electron chi connectivity index (χ4n) is 3.80. The van der Waals surface area contributed by atoms with Crippen LogP contribution in [0.5, 0.6) is 5.75 Å². The van der Waals surface area contributed by atoms with Crippen LogP contribution in [-0.4, -0.2) is 72.2 Å². The molecule has 2 aromatic heterocycles. The lowest BCUT2D eigenvalue weighted by Gasteiger charge is -2.34. The lowest BCUT2D eigenvalue weighted by atomic mass is 10.2. The molecule has 1 aliphatic heterocycles. The van der Waals surface area contributed by atoms with Gasteiger partial charge in [-0.25, -0.2) is 14.8 Å². The number of anilines is 2. The normalized spacial score (nSPS) is 14.8. The Morgan fingerprint density at radius 3 is 2.59 bits per heavy atom. The zero-order valence-electron chi connectivity index (χ0n) is 18.6. The van der Waals surface area contributed by atoms with E-state index in [0.29, 0.717) is 61.9 Å². The molecule has 2 N–H and O–H groups in total. The van der Waals surface area contributed by atoms with Gasteiger partial charge >= 0.3 is 12.2 Å². The molecule has 34 heavy (non-hydrogen) atoms. The largest absolute Gasteiger partial charge is 0.495 e. The molecule has 1 aromatic carbocycles. The molecule has 1 aliphatic rings. The second-order valence-electron chi connectivity index (χ2n) is 7.81. The highest BCUT2D eigenvalue weighted by atomic mass is 19.4. The van der Waals surface area contributed by atoms with Crippen LogP contribution in [0.1, 0.15) is 5.69 Å². The van der Waals surface area contributed by atoms with Crippen LogP contribution in [-0.2, 0) is 6.18 Å². The van der Waals surface area contributed by atoms with E-state index in [-0.39, 0.29) is 11.5 Å². The van der Waals surface area contributed by atoms with Gasteiger partial charge in [0.25, 0.3) is 0 Å². The molecule has 4 rings (SSSR count).